The van der Waals surface area contributed by atoms with Gasteiger partial charge in [-0.2, -0.15) is 0 Å². The minimum Gasteiger partial charge on any atom is -0.347 e. The molecule has 80 heavy (non-hydrogen) atoms. The van der Waals surface area contributed by atoms with Gasteiger partial charge in [-0.3, -0.25) is 38.4 Å². The molecule has 9 rings (SSSR count). The van der Waals surface area contributed by atoms with E-state index in [4.69, 9.17) is 0 Å². The van der Waals surface area contributed by atoms with Crippen molar-refractivity contribution in [2.45, 2.75) is 174 Å². The van der Waals surface area contributed by atoms with Gasteiger partial charge in [-0.05, 0) is 139 Å². The predicted octanol–water partition coefficient (Wildman–Crippen LogP) is 5.14. The molecule has 8 amide bonds. The van der Waals surface area contributed by atoms with Crippen molar-refractivity contribution in [1.82, 2.24) is 52.3 Å². The average molecular weight is 1130 g/mol. The minimum atomic E-state index is -0.917. The van der Waals surface area contributed by atoms with Crippen LogP contribution in [0.3, 0.4) is 0 Å². The molecule has 2 saturated carbocycles. The SMILES string of the molecule is CN[C@@H](C)C(=O)N[C@H](C(=O)N1C[C@@H](NC(=O)c2ccc(C(=O)N[C@H]3C[C@@H](C(=O)N[C@@H]4CCSc5ccccc54)N(C(=O)[C@@H](NC(=O)[C@H](C)NC)C4CCCCC4)C3)cc2)C[C@H]1C(=O)N[C@@H]1CCSc2ccccc21)C1CCCCC1. The number of likely N-dealkylation sites (N-methyl/N-ethyl adjacent to an activating group) is 2. The fourth-order valence-corrected chi connectivity index (χ4v) is 14.8. The van der Waals surface area contributed by atoms with Gasteiger partial charge in [0.2, 0.25) is 35.4 Å². The lowest BCUT2D eigenvalue weighted by Gasteiger charge is -2.35. The number of benzene rings is 3. The van der Waals surface area contributed by atoms with E-state index >= 15 is 0 Å². The number of nitrogens with one attached hydrogen (secondary N) is 8. The molecule has 4 heterocycles. The van der Waals surface area contributed by atoms with Gasteiger partial charge in [0.25, 0.3) is 11.8 Å². The molecule has 0 unspecified atom stereocenters. The molecule has 3 aromatic rings. The molecule has 0 radical (unpaired) electrons. The van der Waals surface area contributed by atoms with Crippen molar-refractivity contribution >= 4 is 70.8 Å². The summed E-state index contributed by atoms with van der Waals surface area (Å²) in [5, 5.41) is 24.7. The van der Waals surface area contributed by atoms with Crippen molar-refractivity contribution in [2.24, 2.45) is 11.8 Å². The number of nitrogens with zero attached hydrogens (tertiary/aromatic N) is 2. The zero-order valence-electron chi connectivity index (χ0n) is 46.6. The van der Waals surface area contributed by atoms with Crippen molar-refractivity contribution in [3.63, 3.8) is 0 Å². The summed E-state index contributed by atoms with van der Waals surface area (Å²) in [5.41, 5.74) is 2.57. The number of rotatable bonds is 18. The first-order valence-electron chi connectivity index (χ1n) is 29.0. The Balaban J connectivity index is 0.896. The van der Waals surface area contributed by atoms with E-state index in [1.807, 2.05) is 48.5 Å². The maximum absolute atomic E-state index is 14.9. The van der Waals surface area contributed by atoms with Crippen molar-refractivity contribution in [2.75, 3.05) is 38.7 Å². The summed E-state index contributed by atoms with van der Waals surface area (Å²) in [6.45, 7) is 3.58. The number of amides is 8. The van der Waals surface area contributed by atoms with Crippen LogP contribution in [0.15, 0.2) is 82.6 Å². The molecule has 2 aliphatic carbocycles. The zero-order chi connectivity index (χ0) is 56.5. The Bertz CT molecular complexity index is 2560. The van der Waals surface area contributed by atoms with Gasteiger partial charge in [-0.25, -0.2) is 0 Å². The number of likely N-dealkylation sites (tertiary alicyclic amines) is 2. The second-order valence-corrected chi connectivity index (χ2v) is 24.9. The highest BCUT2D eigenvalue weighted by Gasteiger charge is 2.47. The second-order valence-electron chi connectivity index (χ2n) is 22.7. The van der Waals surface area contributed by atoms with E-state index in [-0.39, 0.29) is 96.4 Å². The summed E-state index contributed by atoms with van der Waals surface area (Å²) in [4.78, 5) is 119. The van der Waals surface area contributed by atoms with Gasteiger partial charge in [0.05, 0.1) is 24.2 Å². The van der Waals surface area contributed by atoms with Crippen LogP contribution < -0.4 is 42.5 Å². The first-order valence-corrected chi connectivity index (χ1v) is 31.0. The summed E-state index contributed by atoms with van der Waals surface area (Å²) >= 11 is 3.49. The summed E-state index contributed by atoms with van der Waals surface area (Å²) in [6, 6.07) is 15.8. The lowest BCUT2D eigenvalue weighted by atomic mass is 9.83. The molecular weight excluding hydrogens is 1050 g/mol. The van der Waals surface area contributed by atoms with Gasteiger partial charge in [0.1, 0.15) is 24.2 Å². The summed E-state index contributed by atoms with van der Waals surface area (Å²) in [6.07, 6.45) is 10.6. The smallest absolute Gasteiger partial charge is 0.251 e. The molecule has 4 aliphatic heterocycles. The Hall–Kier alpha value is -5.96. The van der Waals surface area contributed by atoms with E-state index in [1.165, 1.54) is 0 Å². The van der Waals surface area contributed by atoms with Crippen LogP contribution in [0, 0.1) is 11.8 Å². The third-order valence-corrected chi connectivity index (χ3v) is 19.7. The van der Waals surface area contributed by atoms with Gasteiger partial charge in [-0.1, -0.05) is 74.9 Å². The van der Waals surface area contributed by atoms with E-state index in [0.29, 0.717) is 0 Å². The molecule has 3 aromatic carbocycles. The van der Waals surface area contributed by atoms with Gasteiger partial charge in [0, 0.05) is 57.6 Å². The van der Waals surface area contributed by atoms with Crippen LogP contribution in [0.25, 0.3) is 0 Å². The van der Waals surface area contributed by atoms with Crippen LogP contribution >= 0.6 is 23.5 Å². The quantitative estimate of drug-likeness (QED) is 0.0827. The zero-order valence-corrected chi connectivity index (χ0v) is 48.2. The van der Waals surface area contributed by atoms with Gasteiger partial charge < -0.3 is 52.3 Å². The number of carbonyl (C=O) groups excluding carboxylic acids is 8. The van der Waals surface area contributed by atoms with Crippen LogP contribution in [0.5, 0.6) is 0 Å². The van der Waals surface area contributed by atoms with Gasteiger partial charge >= 0.3 is 0 Å². The summed E-state index contributed by atoms with van der Waals surface area (Å²) < 4.78 is 0. The molecule has 0 aromatic heterocycles. The van der Waals surface area contributed by atoms with Gasteiger partial charge in [0.15, 0.2) is 0 Å². The molecule has 18 nitrogen and oxygen atoms in total. The van der Waals surface area contributed by atoms with Crippen LogP contribution in [0.4, 0.5) is 0 Å². The van der Waals surface area contributed by atoms with Crippen molar-refractivity contribution < 1.29 is 38.4 Å². The number of thioether (sulfide) groups is 2. The van der Waals surface area contributed by atoms with Crippen LogP contribution in [-0.2, 0) is 28.8 Å². The topological polar surface area (TPSA) is 239 Å². The van der Waals surface area contributed by atoms with E-state index in [2.05, 4.69) is 42.5 Å². The standard InChI is InChI=1S/C60H80N10O8S2/c1-35(61-3)53(71)67-51(37-15-7-5-8-16-37)59(77)69-33-41(31-47(69)57(75)65-45-27-29-79-49-21-13-11-19-43(45)49)63-55(73)39-23-25-40(26-24-39)56(74)64-42-32-48(58(76)66-46-28-30-80-50-22-14-12-20-44(46)50)70(34-42)60(78)52(38-17-9-6-10-18-38)68-54(72)36(2)62-4/h11-14,19-26,35-38,41-42,45-48,51-52,61-62H,5-10,15-18,27-34H2,1-4H3,(H,63,73)(H,64,74)(H,65,75)(H,66,76)(H,67,71)(H,68,72)/t35-,36-,41-,42-,45+,46+,47-,48-,51-,52-/m0/s1. The Morgan fingerprint density at radius 1 is 0.487 bits per heavy atom. The Kier molecular flexibility index (Phi) is 20.0. The molecule has 0 spiro atoms. The van der Waals surface area contributed by atoms with Crippen LogP contribution in [0.1, 0.15) is 148 Å². The summed E-state index contributed by atoms with van der Waals surface area (Å²) in [5.74, 6) is -1.39. The highest BCUT2D eigenvalue weighted by molar-refractivity contribution is 7.99. The highest BCUT2D eigenvalue weighted by atomic mass is 32.2. The fraction of sp³-hybridized carbons (Fsp3) is 0.567. The Morgan fingerprint density at radius 3 is 1.24 bits per heavy atom. The normalized spacial score (nSPS) is 24.6. The Labute approximate surface area is 478 Å². The van der Waals surface area contributed by atoms with Crippen molar-refractivity contribution in [3.8, 4) is 0 Å². The number of hydrogen-bond acceptors (Lipinski definition) is 12. The van der Waals surface area contributed by atoms with E-state index < -0.39 is 60.1 Å². The highest BCUT2D eigenvalue weighted by Crippen LogP contribution is 2.39. The van der Waals surface area contributed by atoms with E-state index in [9.17, 15) is 38.4 Å². The van der Waals surface area contributed by atoms with Crippen molar-refractivity contribution in [3.05, 3.63) is 95.1 Å². The average Bonchev–Trinajstić information content (AvgIpc) is 4.12. The minimum absolute atomic E-state index is 0.0523. The lowest BCUT2D eigenvalue weighted by molar-refractivity contribution is -0.143. The molecule has 0 bridgehead atoms. The van der Waals surface area contributed by atoms with Crippen LogP contribution in [0.2, 0.25) is 0 Å². The van der Waals surface area contributed by atoms with Crippen LogP contribution in [-0.4, -0.2) is 144 Å². The first-order chi connectivity index (χ1) is 38.7. The molecule has 4 fully saturated rings. The molecule has 8 N–H and O–H groups in total. The van der Waals surface area contributed by atoms with Gasteiger partial charge in [-0.15, -0.1) is 23.5 Å². The summed E-state index contributed by atoms with van der Waals surface area (Å²) in [7, 11) is 3.38. The van der Waals surface area contributed by atoms with E-state index in [0.717, 1.165) is 109 Å². The maximum Gasteiger partial charge on any atom is 0.251 e. The number of hydrogen-bond donors (Lipinski definition) is 8. The number of carbonyl (C=O) groups is 8. The number of fused-ring (bicyclic) bond motifs is 2. The Morgan fingerprint density at radius 2 is 0.863 bits per heavy atom. The molecular formula is C60H80N10O8S2. The molecule has 2 saturated heterocycles. The fourth-order valence-electron chi connectivity index (χ4n) is 12.6. The largest absolute Gasteiger partial charge is 0.347 e. The maximum atomic E-state index is 14.9. The molecule has 10 atom stereocenters. The second kappa shape index (κ2) is 27.2. The third kappa shape index (κ3) is 13.8. The lowest BCUT2D eigenvalue weighted by Crippen LogP contribution is -2.58. The van der Waals surface area contributed by atoms with E-state index in [1.54, 1.807) is 85.5 Å². The molecule has 430 valence electrons. The molecule has 6 aliphatic rings. The first kappa shape index (κ1) is 58.7. The third-order valence-electron chi connectivity index (χ3n) is 17.4. The monoisotopic (exact) mass is 1130 g/mol. The van der Waals surface area contributed by atoms with Crippen molar-refractivity contribution in [1.29, 1.82) is 0 Å². The predicted molar refractivity (Wildman–Crippen MR) is 309 cm³/mol. The molecule has 20 heteroatoms.